The average molecular weight is 330 g/mol. The van der Waals surface area contributed by atoms with Gasteiger partial charge >= 0.3 is 5.97 Å². The first-order valence-electron chi connectivity index (χ1n) is 7.19. The smallest absolute Gasteiger partial charge is 0.340 e. The fourth-order valence-corrected chi connectivity index (χ4v) is 1.90. The normalized spacial score (nSPS) is 11.3. The number of esters is 1. The number of hydrogen-bond donors (Lipinski definition) is 1. The van der Waals surface area contributed by atoms with Gasteiger partial charge in [0.1, 0.15) is 11.5 Å². The minimum atomic E-state index is -0.982. The number of nitrogens with zero attached hydrogens (tertiary/aromatic N) is 1. The molecule has 0 aliphatic carbocycles. The molecule has 0 saturated carbocycles. The maximum atomic E-state index is 12.2. The molecule has 24 heavy (non-hydrogen) atoms. The number of pyridine rings is 1. The van der Waals surface area contributed by atoms with Crippen molar-refractivity contribution in [2.24, 2.45) is 0 Å². The highest BCUT2D eigenvalue weighted by Gasteiger charge is 2.20. The van der Waals surface area contributed by atoms with Crippen LogP contribution >= 0.6 is 0 Å². The second-order valence-corrected chi connectivity index (χ2v) is 4.84. The van der Waals surface area contributed by atoms with Crippen LogP contribution in [0.5, 0.6) is 11.5 Å². The molecule has 0 bridgehead atoms. The molecule has 2 rings (SSSR count). The van der Waals surface area contributed by atoms with E-state index in [-0.39, 0.29) is 5.56 Å². The Labute approximate surface area is 139 Å². The van der Waals surface area contributed by atoms with Crippen molar-refractivity contribution in [3.63, 3.8) is 0 Å². The van der Waals surface area contributed by atoms with Gasteiger partial charge in [0.2, 0.25) is 0 Å². The van der Waals surface area contributed by atoms with Crippen molar-refractivity contribution in [2.45, 2.75) is 13.0 Å². The van der Waals surface area contributed by atoms with Gasteiger partial charge in [-0.1, -0.05) is 0 Å². The third kappa shape index (κ3) is 4.22. The van der Waals surface area contributed by atoms with E-state index in [1.165, 1.54) is 27.3 Å². The predicted molar refractivity (Wildman–Crippen MR) is 87.3 cm³/mol. The van der Waals surface area contributed by atoms with Gasteiger partial charge in [-0.15, -0.1) is 0 Å². The highest BCUT2D eigenvalue weighted by molar-refractivity contribution is 5.98. The molecule has 2 aromatic rings. The molecule has 1 atom stereocenters. The zero-order chi connectivity index (χ0) is 17.5. The summed E-state index contributed by atoms with van der Waals surface area (Å²) in [6, 6.07) is 8.15. The monoisotopic (exact) mass is 330 g/mol. The number of amides is 1. The van der Waals surface area contributed by atoms with E-state index in [0.29, 0.717) is 17.2 Å². The molecular weight excluding hydrogens is 312 g/mol. The van der Waals surface area contributed by atoms with Crippen LogP contribution in [0.3, 0.4) is 0 Å². The van der Waals surface area contributed by atoms with Gasteiger partial charge in [0, 0.05) is 18.5 Å². The van der Waals surface area contributed by atoms with Gasteiger partial charge in [-0.25, -0.2) is 4.79 Å². The summed E-state index contributed by atoms with van der Waals surface area (Å²) in [5.41, 5.74) is 0.728. The number of anilines is 1. The molecule has 1 aromatic carbocycles. The lowest BCUT2D eigenvalue weighted by molar-refractivity contribution is -0.123. The van der Waals surface area contributed by atoms with Gasteiger partial charge in [0.15, 0.2) is 6.10 Å². The van der Waals surface area contributed by atoms with Crippen LogP contribution in [0.1, 0.15) is 17.3 Å². The summed E-state index contributed by atoms with van der Waals surface area (Å²) >= 11 is 0. The van der Waals surface area contributed by atoms with Crippen molar-refractivity contribution in [1.82, 2.24) is 4.98 Å². The average Bonchev–Trinajstić information content (AvgIpc) is 2.62. The Morgan fingerprint density at radius 2 is 1.96 bits per heavy atom. The van der Waals surface area contributed by atoms with Gasteiger partial charge < -0.3 is 19.5 Å². The number of carbonyl (C=O) groups is 2. The van der Waals surface area contributed by atoms with Gasteiger partial charge in [-0.3, -0.25) is 9.78 Å². The first-order chi connectivity index (χ1) is 11.5. The summed E-state index contributed by atoms with van der Waals surface area (Å²) in [6.45, 7) is 1.49. The molecular formula is C17H18N2O5. The second-order valence-electron chi connectivity index (χ2n) is 4.84. The molecule has 0 aliphatic rings. The lowest BCUT2D eigenvalue weighted by Crippen LogP contribution is -2.30. The topological polar surface area (TPSA) is 86.8 Å². The molecule has 0 fully saturated rings. The summed E-state index contributed by atoms with van der Waals surface area (Å²) < 4.78 is 15.4. The van der Waals surface area contributed by atoms with E-state index >= 15 is 0 Å². The van der Waals surface area contributed by atoms with Gasteiger partial charge in [-0.05, 0) is 31.2 Å². The van der Waals surface area contributed by atoms with E-state index in [0.717, 1.165) is 0 Å². The first kappa shape index (κ1) is 17.3. The molecule has 1 amide bonds. The maximum Gasteiger partial charge on any atom is 0.340 e. The molecule has 7 nitrogen and oxygen atoms in total. The van der Waals surface area contributed by atoms with E-state index in [4.69, 9.17) is 14.2 Å². The van der Waals surface area contributed by atoms with E-state index in [2.05, 4.69) is 10.3 Å². The van der Waals surface area contributed by atoms with Crippen molar-refractivity contribution in [1.29, 1.82) is 0 Å². The summed E-state index contributed by atoms with van der Waals surface area (Å²) in [4.78, 5) is 28.0. The van der Waals surface area contributed by atoms with Crippen LogP contribution in [0.2, 0.25) is 0 Å². The van der Waals surface area contributed by atoms with Crippen molar-refractivity contribution >= 4 is 17.6 Å². The minimum Gasteiger partial charge on any atom is -0.497 e. The Kier molecular flexibility index (Phi) is 5.73. The molecule has 1 N–H and O–H groups in total. The SMILES string of the molecule is COc1ccc(NC(=O)C(C)OC(=O)c2cccnc2)c(OC)c1. The summed E-state index contributed by atoms with van der Waals surface area (Å²) in [7, 11) is 3.02. The highest BCUT2D eigenvalue weighted by atomic mass is 16.5. The Morgan fingerprint density at radius 3 is 2.58 bits per heavy atom. The number of nitrogens with one attached hydrogen (secondary N) is 1. The zero-order valence-corrected chi connectivity index (χ0v) is 13.6. The Bertz CT molecular complexity index is 718. The van der Waals surface area contributed by atoms with Crippen LogP contribution in [0.25, 0.3) is 0 Å². The largest absolute Gasteiger partial charge is 0.497 e. The number of rotatable bonds is 6. The molecule has 0 saturated heterocycles. The molecule has 1 heterocycles. The molecule has 7 heteroatoms. The summed E-state index contributed by atoms with van der Waals surface area (Å²) in [5.74, 6) is -0.0578. The number of ether oxygens (including phenoxy) is 3. The Balaban J connectivity index is 2.03. The lowest BCUT2D eigenvalue weighted by Gasteiger charge is -2.15. The van der Waals surface area contributed by atoms with Crippen LogP contribution in [0.4, 0.5) is 5.69 Å². The standard InChI is InChI=1S/C17H18N2O5/c1-11(24-17(21)12-5-4-8-18-10-12)16(20)19-14-7-6-13(22-2)9-15(14)23-3/h4-11H,1-3H3,(H,19,20). The van der Waals surface area contributed by atoms with Gasteiger partial charge in [0.25, 0.3) is 5.91 Å². The lowest BCUT2D eigenvalue weighted by atomic mass is 10.2. The molecule has 126 valence electrons. The maximum absolute atomic E-state index is 12.2. The van der Waals surface area contributed by atoms with Crippen molar-refractivity contribution in [3.05, 3.63) is 48.3 Å². The number of methoxy groups -OCH3 is 2. The summed E-state index contributed by atoms with van der Waals surface area (Å²) in [5, 5.41) is 2.66. The van der Waals surface area contributed by atoms with Crippen molar-refractivity contribution in [3.8, 4) is 11.5 Å². The third-order valence-corrected chi connectivity index (χ3v) is 3.22. The van der Waals surface area contributed by atoms with Gasteiger partial charge in [-0.2, -0.15) is 0 Å². The minimum absolute atomic E-state index is 0.277. The van der Waals surface area contributed by atoms with Crippen LogP contribution < -0.4 is 14.8 Å². The number of carbonyl (C=O) groups excluding carboxylic acids is 2. The molecule has 0 spiro atoms. The first-order valence-corrected chi connectivity index (χ1v) is 7.19. The quantitative estimate of drug-likeness (QED) is 0.818. The summed E-state index contributed by atoms with van der Waals surface area (Å²) in [6.07, 6.45) is 1.94. The number of benzene rings is 1. The van der Waals surface area contributed by atoms with Crippen molar-refractivity contribution in [2.75, 3.05) is 19.5 Å². The van der Waals surface area contributed by atoms with Gasteiger partial charge in [0.05, 0.1) is 25.5 Å². The fraction of sp³-hybridized carbons (Fsp3) is 0.235. The predicted octanol–water partition coefficient (Wildman–Crippen LogP) is 2.28. The fourth-order valence-electron chi connectivity index (χ4n) is 1.90. The highest BCUT2D eigenvalue weighted by Crippen LogP contribution is 2.29. The van der Waals surface area contributed by atoms with Crippen LogP contribution in [0, 0.1) is 0 Å². The van der Waals surface area contributed by atoms with Crippen molar-refractivity contribution < 1.29 is 23.8 Å². The number of aromatic nitrogens is 1. The van der Waals surface area contributed by atoms with Crippen LogP contribution in [0.15, 0.2) is 42.7 Å². The molecule has 0 aliphatic heterocycles. The van der Waals surface area contributed by atoms with E-state index < -0.39 is 18.0 Å². The molecule has 0 radical (unpaired) electrons. The molecule has 1 aromatic heterocycles. The van der Waals surface area contributed by atoms with Crippen LogP contribution in [-0.2, 0) is 9.53 Å². The zero-order valence-electron chi connectivity index (χ0n) is 13.6. The van der Waals surface area contributed by atoms with E-state index in [1.54, 1.807) is 36.5 Å². The third-order valence-electron chi connectivity index (χ3n) is 3.22. The van der Waals surface area contributed by atoms with E-state index in [1.807, 2.05) is 0 Å². The number of hydrogen-bond acceptors (Lipinski definition) is 6. The van der Waals surface area contributed by atoms with Crippen LogP contribution in [-0.4, -0.2) is 37.2 Å². The Hall–Kier alpha value is -3.09. The Morgan fingerprint density at radius 1 is 1.17 bits per heavy atom. The van der Waals surface area contributed by atoms with E-state index in [9.17, 15) is 9.59 Å². The molecule has 1 unspecified atom stereocenters. The second kappa shape index (κ2) is 7.96.